The Kier molecular flexibility index (Phi) is 5.44. The molecular weight excluding hydrogens is 336 g/mol. The van der Waals surface area contributed by atoms with E-state index in [1.807, 2.05) is 12.1 Å². The topological polar surface area (TPSA) is 105 Å². The van der Waals surface area contributed by atoms with E-state index < -0.39 is 11.5 Å². The number of carbonyl (C=O) groups is 3. The summed E-state index contributed by atoms with van der Waals surface area (Å²) in [7, 11) is 0. The molecule has 3 rings (SSSR count). The third-order valence-corrected chi connectivity index (χ3v) is 5.03. The Morgan fingerprint density at radius 1 is 1.23 bits per heavy atom. The van der Waals surface area contributed by atoms with Crippen LogP contribution in [0.5, 0.6) is 5.75 Å². The quantitative estimate of drug-likeness (QED) is 0.647. The summed E-state index contributed by atoms with van der Waals surface area (Å²) >= 11 is 0. The van der Waals surface area contributed by atoms with Gasteiger partial charge in [-0.15, -0.1) is 0 Å². The minimum Gasteiger partial charge on any atom is -0.494 e. The number of anilines is 1. The Hall–Kier alpha value is -2.57. The van der Waals surface area contributed by atoms with Crippen molar-refractivity contribution in [2.75, 3.05) is 11.9 Å². The summed E-state index contributed by atoms with van der Waals surface area (Å²) in [6.45, 7) is 0.374. The third kappa shape index (κ3) is 4.15. The number of carboxylic acid groups (broad SMARTS) is 1. The van der Waals surface area contributed by atoms with Gasteiger partial charge in [0.15, 0.2) is 0 Å². The number of nitrogens with one attached hydrogen (secondary N) is 2. The molecule has 1 aliphatic carbocycles. The number of aliphatic carboxylic acids is 1. The first kappa shape index (κ1) is 18.2. The van der Waals surface area contributed by atoms with Crippen molar-refractivity contribution >= 4 is 23.5 Å². The van der Waals surface area contributed by atoms with E-state index in [4.69, 9.17) is 4.74 Å². The maximum Gasteiger partial charge on any atom is 0.329 e. The smallest absolute Gasteiger partial charge is 0.329 e. The van der Waals surface area contributed by atoms with Gasteiger partial charge in [0, 0.05) is 18.5 Å². The van der Waals surface area contributed by atoms with Crippen molar-refractivity contribution in [1.82, 2.24) is 5.32 Å². The third-order valence-electron chi connectivity index (χ3n) is 5.03. The summed E-state index contributed by atoms with van der Waals surface area (Å²) in [4.78, 5) is 34.9. The Morgan fingerprint density at radius 2 is 2.00 bits per heavy atom. The van der Waals surface area contributed by atoms with E-state index in [0.29, 0.717) is 44.5 Å². The molecule has 0 radical (unpaired) electrons. The van der Waals surface area contributed by atoms with Gasteiger partial charge in [0.25, 0.3) is 0 Å². The van der Waals surface area contributed by atoms with Crippen molar-refractivity contribution in [2.45, 2.75) is 56.9 Å². The monoisotopic (exact) mass is 360 g/mol. The van der Waals surface area contributed by atoms with Crippen LogP contribution in [0, 0.1) is 0 Å². The molecule has 1 fully saturated rings. The lowest BCUT2D eigenvalue weighted by Crippen LogP contribution is -2.52. The van der Waals surface area contributed by atoms with Gasteiger partial charge < -0.3 is 20.5 Å². The van der Waals surface area contributed by atoms with E-state index in [9.17, 15) is 19.5 Å². The van der Waals surface area contributed by atoms with E-state index in [2.05, 4.69) is 10.6 Å². The molecule has 2 amide bonds. The summed E-state index contributed by atoms with van der Waals surface area (Å²) in [5.74, 6) is -0.455. The molecule has 7 heteroatoms. The van der Waals surface area contributed by atoms with Crippen LogP contribution in [-0.2, 0) is 20.8 Å². The molecule has 3 N–H and O–H groups in total. The first-order chi connectivity index (χ1) is 12.5. The lowest BCUT2D eigenvalue weighted by molar-refractivity contribution is -0.147. The highest BCUT2D eigenvalue weighted by atomic mass is 16.5. The average molecular weight is 360 g/mol. The number of benzene rings is 1. The van der Waals surface area contributed by atoms with E-state index in [0.717, 1.165) is 24.1 Å². The zero-order valence-corrected chi connectivity index (χ0v) is 14.7. The lowest BCUT2D eigenvalue weighted by atomic mass is 9.97. The van der Waals surface area contributed by atoms with Gasteiger partial charge in [-0.3, -0.25) is 9.59 Å². The minimum absolute atomic E-state index is 0.0265. The van der Waals surface area contributed by atoms with E-state index in [1.165, 1.54) is 0 Å². The van der Waals surface area contributed by atoms with Crippen molar-refractivity contribution in [3.8, 4) is 5.75 Å². The van der Waals surface area contributed by atoms with Crippen molar-refractivity contribution in [3.63, 3.8) is 0 Å². The fraction of sp³-hybridized carbons (Fsp3) is 0.526. The maximum absolute atomic E-state index is 12.1. The second kappa shape index (κ2) is 7.76. The molecule has 2 aliphatic rings. The fourth-order valence-electron chi connectivity index (χ4n) is 3.57. The van der Waals surface area contributed by atoms with Gasteiger partial charge in [-0.2, -0.15) is 0 Å². The molecule has 1 aliphatic heterocycles. The first-order valence-electron chi connectivity index (χ1n) is 9.08. The van der Waals surface area contributed by atoms with Gasteiger partial charge >= 0.3 is 5.97 Å². The summed E-state index contributed by atoms with van der Waals surface area (Å²) < 4.78 is 5.68. The highest BCUT2D eigenvalue weighted by Crippen LogP contribution is 2.30. The second-order valence-electron chi connectivity index (χ2n) is 6.96. The fourth-order valence-corrected chi connectivity index (χ4v) is 3.57. The van der Waals surface area contributed by atoms with Crippen LogP contribution in [0.25, 0.3) is 0 Å². The van der Waals surface area contributed by atoms with Crippen LogP contribution in [0.4, 0.5) is 5.69 Å². The average Bonchev–Trinajstić information content (AvgIpc) is 3.08. The number of carboxylic acids is 1. The predicted molar refractivity (Wildman–Crippen MR) is 95.1 cm³/mol. The molecule has 0 bridgehead atoms. The Balaban J connectivity index is 1.43. The summed E-state index contributed by atoms with van der Waals surface area (Å²) in [6.07, 6.45) is 4.56. The maximum atomic E-state index is 12.1. The largest absolute Gasteiger partial charge is 0.494 e. The van der Waals surface area contributed by atoms with Gasteiger partial charge in [-0.25, -0.2) is 4.79 Å². The molecule has 26 heavy (non-hydrogen) atoms. The van der Waals surface area contributed by atoms with E-state index in [1.54, 1.807) is 6.07 Å². The predicted octanol–water partition coefficient (Wildman–Crippen LogP) is 2.24. The highest BCUT2D eigenvalue weighted by Gasteiger charge is 2.42. The number of hydrogen-bond acceptors (Lipinski definition) is 4. The number of carbonyl (C=O) groups excluding carboxylic acids is 2. The molecular formula is C19H24N2O5. The van der Waals surface area contributed by atoms with Gasteiger partial charge in [0.2, 0.25) is 11.8 Å². The van der Waals surface area contributed by atoms with Crippen molar-refractivity contribution < 1.29 is 24.2 Å². The van der Waals surface area contributed by atoms with Crippen LogP contribution in [0.2, 0.25) is 0 Å². The van der Waals surface area contributed by atoms with Gasteiger partial charge in [0.1, 0.15) is 11.3 Å². The minimum atomic E-state index is -1.08. The number of aryl methyl sites for hydroxylation is 1. The summed E-state index contributed by atoms with van der Waals surface area (Å²) in [5, 5.41) is 14.9. The molecule has 1 saturated carbocycles. The first-order valence-corrected chi connectivity index (χ1v) is 9.08. The number of hydrogen-bond donors (Lipinski definition) is 3. The zero-order chi connectivity index (χ0) is 18.6. The Morgan fingerprint density at radius 3 is 2.73 bits per heavy atom. The Labute approximate surface area is 152 Å². The summed E-state index contributed by atoms with van der Waals surface area (Å²) in [5.41, 5.74) is 0.786. The van der Waals surface area contributed by atoms with Crippen molar-refractivity contribution in [3.05, 3.63) is 23.8 Å². The van der Waals surface area contributed by atoms with Crippen LogP contribution in [0.1, 0.15) is 50.5 Å². The molecule has 7 nitrogen and oxygen atoms in total. The molecule has 0 atom stereocenters. The molecule has 1 aromatic carbocycles. The van der Waals surface area contributed by atoms with Crippen molar-refractivity contribution in [1.29, 1.82) is 0 Å². The lowest BCUT2D eigenvalue weighted by Gasteiger charge is -2.25. The van der Waals surface area contributed by atoms with Crippen LogP contribution in [-0.4, -0.2) is 35.0 Å². The molecule has 0 unspecified atom stereocenters. The van der Waals surface area contributed by atoms with Gasteiger partial charge in [0.05, 0.1) is 6.61 Å². The Bertz CT molecular complexity index is 710. The molecule has 140 valence electrons. The second-order valence-corrected chi connectivity index (χ2v) is 6.96. The number of ether oxygens (including phenoxy) is 1. The molecule has 0 aromatic heterocycles. The number of amides is 2. The molecule has 1 heterocycles. The van der Waals surface area contributed by atoms with Crippen molar-refractivity contribution in [2.24, 2.45) is 0 Å². The normalized spacial score (nSPS) is 17.9. The van der Waals surface area contributed by atoms with E-state index >= 15 is 0 Å². The molecule has 0 saturated heterocycles. The number of rotatable bonds is 7. The van der Waals surface area contributed by atoms with Gasteiger partial charge in [-0.1, -0.05) is 12.8 Å². The van der Waals surface area contributed by atoms with Crippen LogP contribution >= 0.6 is 0 Å². The SMILES string of the molecule is O=C1CCc2cc(OCCCC(=O)NC3(C(=O)O)CCCC3)ccc2N1. The van der Waals surface area contributed by atoms with Crippen LogP contribution < -0.4 is 15.4 Å². The standard InChI is InChI=1S/C19H24N2O5/c22-16-8-5-13-12-14(6-7-15(13)20-16)26-11-3-4-17(23)21-19(18(24)25)9-1-2-10-19/h6-7,12H,1-5,8-11H2,(H,20,22)(H,21,23)(H,24,25). The zero-order valence-electron chi connectivity index (χ0n) is 14.7. The molecule has 0 spiro atoms. The van der Waals surface area contributed by atoms with E-state index in [-0.39, 0.29) is 18.2 Å². The van der Waals surface area contributed by atoms with Gasteiger partial charge in [-0.05, 0) is 49.4 Å². The highest BCUT2D eigenvalue weighted by molar-refractivity contribution is 5.94. The summed E-state index contributed by atoms with van der Waals surface area (Å²) in [6, 6.07) is 5.53. The van der Waals surface area contributed by atoms with Crippen LogP contribution in [0.3, 0.4) is 0 Å². The number of fused-ring (bicyclic) bond motifs is 1. The van der Waals surface area contributed by atoms with Crippen LogP contribution in [0.15, 0.2) is 18.2 Å². The molecule has 1 aromatic rings.